The lowest BCUT2D eigenvalue weighted by Gasteiger charge is -2.14. The second kappa shape index (κ2) is 7.31. The number of nitrogens with two attached hydrogens (primary N) is 1. The van der Waals surface area contributed by atoms with Crippen LogP contribution in [0.3, 0.4) is 0 Å². The predicted molar refractivity (Wildman–Crippen MR) is 82.7 cm³/mol. The van der Waals surface area contributed by atoms with Crippen molar-refractivity contribution in [3.8, 4) is 11.5 Å². The van der Waals surface area contributed by atoms with Crippen molar-refractivity contribution < 1.29 is 14.3 Å². The quantitative estimate of drug-likeness (QED) is 0.772. The van der Waals surface area contributed by atoms with Gasteiger partial charge in [-0.3, -0.25) is 4.79 Å². The molecule has 21 heavy (non-hydrogen) atoms. The van der Waals surface area contributed by atoms with E-state index in [1.165, 1.54) is 0 Å². The maximum atomic E-state index is 12.0. The van der Waals surface area contributed by atoms with Crippen LogP contribution in [-0.2, 0) is 4.79 Å². The van der Waals surface area contributed by atoms with E-state index in [2.05, 4.69) is 5.32 Å². The van der Waals surface area contributed by atoms with Gasteiger partial charge in [-0.25, -0.2) is 0 Å². The zero-order chi connectivity index (χ0) is 15.2. The molecule has 0 bridgehead atoms. The lowest BCUT2D eigenvalue weighted by molar-refractivity contribution is -0.116. The minimum Gasteiger partial charge on any atom is -0.490 e. The first-order chi connectivity index (χ1) is 10.1. The SMILES string of the molecule is CCOc1ccc(NC(=O)CC(N)C2CC2)cc1OCC. The van der Waals surface area contributed by atoms with Crippen molar-refractivity contribution in [2.75, 3.05) is 18.5 Å². The van der Waals surface area contributed by atoms with Crippen molar-refractivity contribution in [3.63, 3.8) is 0 Å². The van der Waals surface area contributed by atoms with Crippen LogP contribution < -0.4 is 20.5 Å². The van der Waals surface area contributed by atoms with Gasteiger partial charge in [-0.2, -0.15) is 0 Å². The number of anilines is 1. The van der Waals surface area contributed by atoms with Crippen molar-refractivity contribution in [2.24, 2.45) is 11.7 Å². The molecule has 0 radical (unpaired) electrons. The standard InChI is InChI=1S/C16H24N2O3/c1-3-20-14-8-7-12(9-15(14)21-4-2)18-16(19)10-13(17)11-5-6-11/h7-9,11,13H,3-6,10,17H2,1-2H3,(H,18,19). The number of hydrogen-bond donors (Lipinski definition) is 2. The highest BCUT2D eigenvalue weighted by Crippen LogP contribution is 2.33. The Bertz CT molecular complexity index is 486. The van der Waals surface area contributed by atoms with Crippen LogP contribution in [0, 0.1) is 5.92 Å². The molecule has 0 aliphatic heterocycles. The van der Waals surface area contributed by atoms with Gasteiger partial charge in [0, 0.05) is 24.2 Å². The Labute approximate surface area is 125 Å². The van der Waals surface area contributed by atoms with Gasteiger partial charge in [0.1, 0.15) is 0 Å². The molecule has 1 saturated carbocycles. The van der Waals surface area contributed by atoms with E-state index in [0.29, 0.717) is 42.7 Å². The lowest BCUT2D eigenvalue weighted by atomic mass is 10.1. The number of carbonyl (C=O) groups is 1. The average molecular weight is 292 g/mol. The fourth-order valence-corrected chi connectivity index (χ4v) is 2.25. The maximum absolute atomic E-state index is 12.0. The molecule has 1 amide bonds. The smallest absolute Gasteiger partial charge is 0.225 e. The van der Waals surface area contributed by atoms with Crippen molar-refractivity contribution in [1.82, 2.24) is 0 Å². The van der Waals surface area contributed by atoms with Gasteiger partial charge < -0.3 is 20.5 Å². The largest absolute Gasteiger partial charge is 0.490 e. The van der Waals surface area contributed by atoms with Crippen LogP contribution >= 0.6 is 0 Å². The fourth-order valence-electron chi connectivity index (χ4n) is 2.25. The van der Waals surface area contributed by atoms with E-state index in [-0.39, 0.29) is 11.9 Å². The van der Waals surface area contributed by atoms with E-state index >= 15 is 0 Å². The number of amides is 1. The first-order valence-corrected chi connectivity index (χ1v) is 7.59. The second-order valence-electron chi connectivity index (χ2n) is 5.28. The molecule has 1 aliphatic rings. The van der Waals surface area contributed by atoms with Gasteiger partial charge in [0.05, 0.1) is 13.2 Å². The summed E-state index contributed by atoms with van der Waals surface area (Å²) in [7, 11) is 0. The highest BCUT2D eigenvalue weighted by molar-refractivity contribution is 5.91. The molecule has 5 heteroatoms. The van der Waals surface area contributed by atoms with Gasteiger partial charge in [0.15, 0.2) is 11.5 Å². The summed E-state index contributed by atoms with van der Waals surface area (Å²) in [5, 5.41) is 2.87. The molecular formula is C16H24N2O3. The van der Waals surface area contributed by atoms with Gasteiger partial charge in [0.2, 0.25) is 5.91 Å². The molecule has 0 saturated heterocycles. The number of hydrogen-bond acceptors (Lipinski definition) is 4. The van der Waals surface area contributed by atoms with Gasteiger partial charge in [-0.15, -0.1) is 0 Å². The maximum Gasteiger partial charge on any atom is 0.225 e. The Hall–Kier alpha value is -1.75. The Morgan fingerprint density at radius 3 is 2.57 bits per heavy atom. The van der Waals surface area contributed by atoms with Crippen LogP contribution in [0.25, 0.3) is 0 Å². The van der Waals surface area contributed by atoms with E-state index in [1.807, 2.05) is 26.0 Å². The number of nitrogens with one attached hydrogen (secondary N) is 1. The summed E-state index contributed by atoms with van der Waals surface area (Å²) in [6.07, 6.45) is 2.65. The first-order valence-electron chi connectivity index (χ1n) is 7.59. The summed E-state index contributed by atoms with van der Waals surface area (Å²) < 4.78 is 11.0. The normalized spacial score (nSPS) is 15.4. The molecule has 5 nitrogen and oxygen atoms in total. The minimum atomic E-state index is -0.0546. The van der Waals surface area contributed by atoms with Gasteiger partial charge >= 0.3 is 0 Å². The number of carbonyl (C=O) groups excluding carboxylic acids is 1. The number of ether oxygens (including phenoxy) is 2. The van der Waals surface area contributed by atoms with Crippen LogP contribution in [0.1, 0.15) is 33.1 Å². The summed E-state index contributed by atoms with van der Waals surface area (Å²) in [5.74, 6) is 1.80. The van der Waals surface area contributed by atoms with Crippen molar-refractivity contribution in [3.05, 3.63) is 18.2 Å². The highest BCUT2D eigenvalue weighted by Gasteiger charge is 2.29. The third-order valence-electron chi connectivity index (χ3n) is 3.48. The topological polar surface area (TPSA) is 73.6 Å². The molecule has 116 valence electrons. The van der Waals surface area contributed by atoms with Crippen LogP contribution in [0.5, 0.6) is 11.5 Å². The highest BCUT2D eigenvalue weighted by atomic mass is 16.5. The van der Waals surface area contributed by atoms with Gasteiger partial charge in [-0.05, 0) is 44.7 Å². The molecule has 1 aromatic carbocycles. The predicted octanol–water partition coefficient (Wildman–Crippen LogP) is 2.55. The molecule has 0 spiro atoms. The summed E-state index contributed by atoms with van der Waals surface area (Å²) in [4.78, 5) is 12.0. The molecule has 1 aromatic rings. The van der Waals surface area contributed by atoms with Crippen LogP contribution in [-0.4, -0.2) is 25.2 Å². The van der Waals surface area contributed by atoms with Crippen molar-refractivity contribution >= 4 is 11.6 Å². The Morgan fingerprint density at radius 2 is 1.95 bits per heavy atom. The van der Waals surface area contributed by atoms with Crippen molar-refractivity contribution in [1.29, 1.82) is 0 Å². The van der Waals surface area contributed by atoms with Crippen molar-refractivity contribution in [2.45, 2.75) is 39.2 Å². The first kappa shape index (κ1) is 15.6. The van der Waals surface area contributed by atoms with Crippen LogP contribution in [0.4, 0.5) is 5.69 Å². The molecular weight excluding hydrogens is 268 g/mol. The zero-order valence-electron chi connectivity index (χ0n) is 12.7. The lowest BCUT2D eigenvalue weighted by Crippen LogP contribution is -2.28. The average Bonchev–Trinajstić information content (AvgIpc) is 3.26. The molecule has 2 rings (SSSR count). The van der Waals surface area contributed by atoms with E-state index in [9.17, 15) is 4.79 Å². The minimum absolute atomic E-state index is 0.0286. The Balaban J connectivity index is 1.98. The molecule has 1 atom stereocenters. The van der Waals surface area contributed by atoms with Crippen LogP contribution in [0.15, 0.2) is 18.2 Å². The number of rotatable bonds is 8. The third-order valence-corrected chi connectivity index (χ3v) is 3.48. The van der Waals surface area contributed by atoms with Gasteiger partial charge in [0.25, 0.3) is 0 Å². The summed E-state index contributed by atoms with van der Waals surface area (Å²) >= 11 is 0. The molecule has 1 unspecified atom stereocenters. The van der Waals surface area contributed by atoms with E-state index in [4.69, 9.17) is 15.2 Å². The summed E-state index contributed by atoms with van der Waals surface area (Å²) in [5.41, 5.74) is 6.67. The third kappa shape index (κ3) is 4.63. The zero-order valence-corrected chi connectivity index (χ0v) is 12.7. The molecule has 1 aliphatic carbocycles. The summed E-state index contributed by atoms with van der Waals surface area (Å²) in [6.45, 7) is 4.95. The Kier molecular flexibility index (Phi) is 5.44. The second-order valence-corrected chi connectivity index (χ2v) is 5.28. The van der Waals surface area contributed by atoms with E-state index in [0.717, 1.165) is 12.8 Å². The fraction of sp³-hybridized carbons (Fsp3) is 0.562. The molecule has 0 heterocycles. The molecule has 3 N–H and O–H groups in total. The monoisotopic (exact) mass is 292 g/mol. The van der Waals surface area contributed by atoms with E-state index in [1.54, 1.807) is 6.07 Å². The van der Waals surface area contributed by atoms with E-state index < -0.39 is 0 Å². The van der Waals surface area contributed by atoms with Gasteiger partial charge in [-0.1, -0.05) is 0 Å². The van der Waals surface area contributed by atoms with Crippen LogP contribution in [0.2, 0.25) is 0 Å². The Morgan fingerprint density at radius 1 is 1.29 bits per heavy atom. The number of benzene rings is 1. The summed E-state index contributed by atoms with van der Waals surface area (Å²) in [6, 6.07) is 5.38. The molecule has 0 aromatic heterocycles. The molecule has 1 fully saturated rings.